The van der Waals surface area contributed by atoms with Gasteiger partial charge in [0.15, 0.2) is 0 Å². The molecule has 7 heterocycles. The van der Waals surface area contributed by atoms with E-state index in [-0.39, 0.29) is 72.2 Å². The van der Waals surface area contributed by atoms with E-state index in [0.717, 1.165) is 89.5 Å². The number of nitrogens with one attached hydrogen (secondary N) is 3. The fraction of sp³-hybridized carbons (Fsp3) is 0.593. The van der Waals surface area contributed by atoms with Gasteiger partial charge < -0.3 is 49.1 Å². The SMILES string of the molecule is COC(=O)N[C@H](C(=O)N1C(C2=NC3=C(C2)c2cc4c(cc2CC3)-c2ccc(-c3cnc([C@@H]5CC[C@H](C)N5C(=O)[C@@H](NC(=O)OC)C5C[C@@H](C)O[C@H](C)C5)[nH]3)cc2CO4)CC[C@@H]1C)C1C[C@@H](C)O[C@H](C)C1. The van der Waals surface area contributed by atoms with Gasteiger partial charge in [-0.2, -0.15) is 0 Å². The van der Waals surface area contributed by atoms with Crippen molar-refractivity contribution in [3.05, 3.63) is 64.7 Å². The third-order valence-corrected chi connectivity index (χ3v) is 16.2. The van der Waals surface area contributed by atoms with E-state index >= 15 is 0 Å². The lowest BCUT2D eigenvalue weighted by Gasteiger charge is -2.39. The second-order valence-electron chi connectivity index (χ2n) is 21.1. The van der Waals surface area contributed by atoms with Crippen molar-refractivity contribution in [3.63, 3.8) is 0 Å². The van der Waals surface area contributed by atoms with Crippen LogP contribution in [0.25, 0.3) is 28.0 Å². The molecule has 374 valence electrons. The van der Waals surface area contributed by atoms with Gasteiger partial charge in [-0.15, -0.1) is 0 Å². The number of fused-ring (bicyclic) bond motifs is 5. The number of amides is 4. The van der Waals surface area contributed by atoms with Crippen molar-refractivity contribution in [2.45, 2.75) is 179 Å². The molecule has 0 saturated carbocycles. The minimum Gasteiger partial charge on any atom is -0.488 e. The third-order valence-electron chi connectivity index (χ3n) is 16.2. The molecule has 6 aliphatic heterocycles. The van der Waals surface area contributed by atoms with Gasteiger partial charge in [0.05, 0.1) is 62.6 Å². The molecule has 7 aliphatic rings. The second kappa shape index (κ2) is 19.5. The lowest BCUT2D eigenvalue weighted by atomic mass is 9.83. The molecule has 4 fully saturated rings. The molecule has 70 heavy (non-hydrogen) atoms. The van der Waals surface area contributed by atoms with Gasteiger partial charge >= 0.3 is 12.2 Å². The lowest BCUT2D eigenvalue weighted by Crippen LogP contribution is -2.57. The molecular formula is C54H69N7O9. The molecule has 3 N–H and O–H groups in total. The Labute approximate surface area is 410 Å². The van der Waals surface area contributed by atoms with E-state index in [4.69, 9.17) is 33.7 Å². The summed E-state index contributed by atoms with van der Waals surface area (Å²) in [5, 5.41) is 5.82. The van der Waals surface area contributed by atoms with Gasteiger partial charge in [0.1, 0.15) is 30.3 Å². The molecule has 0 radical (unpaired) electrons. The Morgan fingerprint density at radius 1 is 0.700 bits per heavy atom. The van der Waals surface area contributed by atoms with Crippen LogP contribution in [0.2, 0.25) is 0 Å². The van der Waals surface area contributed by atoms with Crippen LogP contribution in [0.4, 0.5) is 9.59 Å². The number of H-pyrrole nitrogens is 1. The number of aryl methyl sites for hydroxylation is 1. The van der Waals surface area contributed by atoms with Crippen molar-refractivity contribution >= 4 is 35.3 Å². The van der Waals surface area contributed by atoms with Crippen LogP contribution >= 0.6 is 0 Å². The predicted molar refractivity (Wildman–Crippen MR) is 263 cm³/mol. The van der Waals surface area contributed by atoms with Gasteiger partial charge in [-0.1, -0.05) is 12.1 Å². The quantitative estimate of drug-likeness (QED) is 0.188. The van der Waals surface area contributed by atoms with Crippen LogP contribution in [0.5, 0.6) is 5.75 Å². The average Bonchev–Trinajstić information content (AvgIpc) is 4.16. The maximum Gasteiger partial charge on any atom is 0.407 e. The highest BCUT2D eigenvalue weighted by molar-refractivity contribution is 6.06. The largest absolute Gasteiger partial charge is 0.488 e. The summed E-state index contributed by atoms with van der Waals surface area (Å²) >= 11 is 0. The number of benzene rings is 2. The molecule has 1 aliphatic carbocycles. The van der Waals surface area contributed by atoms with Crippen molar-refractivity contribution in [2.24, 2.45) is 16.8 Å². The molecule has 4 amide bonds. The summed E-state index contributed by atoms with van der Waals surface area (Å²) in [6.07, 6.45) is 8.79. The monoisotopic (exact) mass is 960 g/mol. The Morgan fingerprint density at radius 2 is 1.29 bits per heavy atom. The molecular weight excluding hydrogens is 891 g/mol. The molecule has 0 spiro atoms. The number of hydrogen-bond donors (Lipinski definition) is 3. The molecule has 0 bridgehead atoms. The standard InChI is InChI=1S/C54H69N7O9/c1-27-9-15-45(60(27)51(62)48(58-53(64)66-7)35-17-29(3)69-30(4)18-35)43-23-40-39-24-47-41(22-33(39)12-14-42(40)56-43)38-13-11-34(21-37(38)26-68-47)44-25-55-50(57-44)46-16-10-28(2)61(46)52(63)49(59-54(65)67-8)36-19-31(5)70-32(6)20-36/h11,13,21-22,24-25,27-32,35-36,45-46,48-49H,9-10,12,14-20,23,26H2,1-8H3,(H,55,57)(H,58,64)(H,59,65)/t27-,28-,29+,30+,31+,32+,45?,46-,48-,49-/m0/s1. The fourth-order valence-corrected chi connectivity index (χ4v) is 13.1. The molecule has 3 aromatic rings. The highest BCUT2D eigenvalue weighted by Gasteiger charge is 2.47. The molecule has 16 heteroatoms. The minimum absolute atomic E-state index is 0.00191. The topological polar surface area (TPSA) is 186 Å². The highest BCUT2D eigenvalue weighted by atomic mass is 16.5. The van der Waals surface area contributed by atoms with E-state index in [1.165, 1.54) is 30.9 Å². The normalized spacial score (nSPS) is 30.0. The maximum absolute atomic E-state index is 14.7. The molecule has 10 atom stereocenters. The first-order valence-corrected chi connectivity index (χ1v) is 25.6. The Kier molecular flexibility index (Phi) is 13.3. The number of alkyl carbamates (subject to hydrolysis) is 2. The molecule has 2 aromatic carbocycles. The Balaban J connectivity index is 0.849. The number of methoxy groups -OCH3 is 2. The zero-order valence-corrected chi connectivity index (χ0v) is 41.8. The number of rotatable bonds is 9. The summed E-state index contributed by atoms with van der Waals surface area (Å²) < 4.78 is 28.6. The number of hydrogen-bond acceptors (Lipinski definition) is 11. The van der Waals surface area contributed by atoms with Crippen molar-refractivity contribution in [3.8, 4) is 28.1 Å². The molecule has 4 saturated heterocycles. The van der Waals surface area contributed by atoms with Crippen LogP contribution in [0.3, 0.4) is 0 Å². The van der Waals surface area contributed by atoms with E-state index < -0.39 is 24.3 Å². The van der Waals surface area contributed by atoms with E-state index in [1.807, 2.05) is 43.7 Å². The second-order valence-corrected chi connectivity index (χ2v) is 21.1. The highest BCUT2D eigenvalue weighted by Crippen LogP contribution is 2.48. The average molecular weight is 960 g/mol. The van der Waals surface area contributed by atoms with Crippen LogP contribution in [-0.4, -0.2) is 118 Å². The summed E-state index contributed by atoms with van der Waals surface area (Å²) in [4.78, 5) is 72.1. The number of aromatic amines is 1. The van der Waals surface area contributed by atoms with Gasteiger partial charge in [-0.3, -0.25) is 14.6 Å². The number of aliphatic imine (C=N–C) groups is 1. The number of nitrogens with zero attached hydrogens (tertiary/aromatic N) is 4. The van der Waals surface area contributed by atoms with Crippen molar-refractivity contribution in [1.82, 2.24) is 30.4 Å². The fourth-order valence-electron chi connectivity index (χ4n) is 13.1. The molecule has 1 aromatic heterocycles. The van der Waals surface area contributed by atoms with Crippen molar-refractivity contribution in [1.29, 1.82) is 0 Å². The van der Waals surface area contributed by atoms with Crippen molar-refractivity contribution in [2.75, 3.05) is 14.2 Å². The summed E-state index contributed by atoms with van der Waals surface area (Å²) in [7, 11) is 2.66. The maximum atomic E-state index is 14.7. The first kappa shape index (κ1) is 47.9. The number of carbonyl (C=O) groups is 4. The van der Waals surface area contributed by atoms with Gasteiger partial charge in [-0.05, 0) is 169 Å². The van der Waals surface area contributed by atoms with Gasteiger partial charge in [0.25, 0.3) is 0 Å². The Hall–Kier alpha value is -5.74. The van der Waals surface area contributed by atoms with Gasteiger partial charge in [0.2, 0.25) is 11.8 Å². The Morgan fingerprint density at radius 3 is 1.89 bits per heavy atom. The zero-order chi connectivity index (χ0) is 49.1. The van der Waals surface area contributed by atoms with E-state index in [1.54, 1.807) is 0 Å². The molecule has 16 nitrogen and oxygen atoms in total. The van der Waals surface area contributed by atoms with Crippen LogP contribution in [-0.2, 0) is 41.6 Å². The Bertz CT molecular complexity index is 2590. The summed E-state index contributed by atoms with van der Waals surface area (Å²) in [6.45, 7) is 12.6. The number of allylic oxidation sites excluding steroid dienone is 2. The number of carbonyl (C=O) groups excluding carboxylic acids is 4. The smallest absolute Gasteiger partial charge is 0.407 e. The van der Waals surface area contributed by atoms with Crippen LogP contribution in [0, 0.1) is 11.8 Å². The third kappa shape index (κ3) is 9.10. The first-order chi connectivity index (χ1) is 33.7. The first-order valence-electron chi connectivity index (χ1n) is 25.6. The summed E-state index contributed by atoms with van der Waals surface area (Å²) in [6, 6.07) is 9.03. The van der Waals surface area contributed by atoms with Gasteiger partial charge in [-0.25, -0.2) is 14.6 Å². The van der Waals surface area contributed by atoms with Gasteiger partial charge in [0, 0.05) is 35.5 Å². The lowest BCUT2D eigenvalue weighted by molar-refractivity contribution is -0.140. The van der Waals surface area contributed by atoms with E-state index in [9.17, 15) is 19.2 Å². The predicted octanol–water partition coefficient (Wildman–Crippen LogP) is 8.43. The number of aromatic nitrogens is 2. The molecule has 10 rings (SSSR count). The van der Waals surface area contributed by atoms with Crippen LogP contribution in [0.1, 0.15) is 134 Å². The van der Waals surface area contributed by atoms with Crippen LogP contribution < -0.4 is 15.4 Å². The summed E-state index contributed by atoms with van der Waals surface area (Å²) in [5.41, 5.74) is 10.9. The minimum atomic E-state index is -0.743. The van der Waals surface area contributed by atoms with E-state index in [0.29, 0.717) is 38.7 Å². The zero-order valence-electron chi connectivity index (χ0n) is 41.8. The summed E-state index contributed by atoms with van der Waals surface area (Å²) in [5.74, 6) is 1.20. The number of likely N-dealkylation sites (tertiary alicyclic amines) is 2. The van der Waals surface area contributed by atoms with E-state index in [2.05, 4.69) is 59.8 Å². The number of ether oxygens (including phenoxy) is 5. The van der Waals surface area contributed by atoms with Crippen LogP contribution in [0.15, 0.2) is 47.2 Å². The van der Waals surface area contributed by atoms with Crippen molar-refractivity contribution < 1.29 is 42.9 Å². The molecule has 1 unspecified atom stereocenters. The number of imidazole rings is 1.